The lowest BCUT2D eigenvalue weighted by molar-refractivity contribution is 0.576. The Morgan fingerprint density at radius 3 is 2.71 bits per heavy atom. The van der Waals surface area contributed by atoms with E-state index in [-0.39, 0.29) is 11.9 Å². The van der Waals surface area contributed by atoms with Crippen LogP contribution in [0.4, 0.5) is 10.2 Å². The lowest BCUT2D eigenvalue weighted by Crippen LogP contribution is -2.35. The second-order valence-electron chi connectivity index (χ2n) is 4.10. The van der Waals surface area contributed by atoms with Gasteiger partial charge in [0.05, 0.1) is 10.7 Å². The number of nitrogens with two attached hydrogens (primary N) is 1. The molecule has 17 heavy (non-hydrogen) atoms. The lowest BCUT2D eigenvalue weighted by atomic mass is 10.2. The molecule has 1 rings (SSSR count). The molecule has 0 aliphatic carbocycles. The van der Waals surface area contributed by atoms with Crippen LogP contribution in [-0.2, 0) is 0 Å². The lowest BCUT2D eigenvalue weighted by Gasteiger charge is -2.28. The van der Waals surface area contributed by atoms with Gasteiger partial charge in [0.1, 0.15) is 6.33 Å². The maximum atomic E-state index is 13.9. The van der Waals surface area contributed by atoms with Crippen LogP contribution < -0.4 is 10.6 Å². The average Bonchev–Trinajstić information content (AvgIpc) is 2.23. The van der Waals surface area contributed by atoms with Crippen LogP contribution in [0.15, 0.2) is 6.33 Å². The Labute approximate surface area is 106 Å². The maximum absolute atomic E-state index is 13.9. The van der Waals surface area contributed by atoms with Crippen molar-refractivity contribution < 1.29 is 4.39 Å². The fourth-order valence-electron chi connectivity index (χ4n) is 1.48. The van der Waals surface area contributed by atoms with Gasteiger partial charge in [-0.05, 0) is 20.8 Å². The molecule has 2 N–H and O–H groups in total. The molecule has 4 nitrogen and oxygen atoms in total. The van der Waals surface area contributed by atoms with Crippen molar-refractivity contribution in [1.29, 1.82) is 0 Å². The van der Waals surface area contributed by atoms with Crippen LogP contribution in [-0.4, -0.2) is 27.5 Å². The van der Waals surface area contributed by atoms with Crippen LogP contribution in [0.3, 0.4) is 0 Å². The van der Waals surface area contributed by atoms with E-state index in [0.717, 1.165) is 0 Å². The molecule has 0 atom stereocenters. The Bertz CT molecular complexity index is 408. The minimum Gasteiger partial charge on any atom is -0.393 e. The summed E-state index contributed by atoms with van der Waals surface area (Å²) >= 11 is 4.83. The molecule has 0 fully saturated rings. The van der Waals surface area contributed by atoms with Gasteiger partial charge in [-0.15, -0.1) is 0 Å². The zero-order chi connectivity index (χ0) is 13.0. The first-order valence-electron chi connectivity index (χ1n) is 5.45. The third-order valence-corrected chi connectivity index (χ3v) is 2.64. The van der Waals surface area contributed by atoms with Gasteiger partial charge in [-0.2, -0.15) is 0 Å². The second-order valence-corrected chi connectivity index (χ2v) is 4.62. The van der Waals surface area contributed by atoms with Crippen molar-refractivity contribution in [2.75, 3.05) is 11.4 Å². The molecule has 0 aliphatic rings. The molecular formula is C11H17FN4S. The van der Waals surface area contributed by atoms with E-state index in [1.165, 1.54) is 6.33 Å². The third-order valence-electron chi connectivity index (χ3n) is 2.44. The van der Waals surface area contributed by atoms with Crippen molar-refractivity contribution in [3.05, 3.63) is 17.8 Å². The Kier molecular flexibility index (Phi) is 4.74. The number of aromatic nitrogens is 2. The number of anilines is 1. The van der Waals surface area contributed by atoms with Gasteiger partial charge in [-0.1, -0.05) is 12.2 Å². The molecule has 0 saturated carbocycles. The van der Waals surface area contributed by atoms with E-state index < -0.39 is 0 Å². The van der Waals surface area contributed by atoms with Crippen LogP contribution >= 0.6 is 12.2 Å². The van der Waals surface area contributed by atoms with Crippen LogP contribution in [0.25, 0.3) is 0 Å². The Hall–Kier alpha value is -1.30. The number of rotatable bonds is 5. The molecular weight excluding hydrogens is 239 g/mol. The molecule has 0 unspecified atom stereocenters. The van der Waals surface area contributed by atoms with Crippen LogP contribution in [0, 0.1) is 12.7 Å². The SMILES string of the molecule is Cc1ncnc(N(CCC(N)=S)C(C)C)c1F. The first-order valence-corrected chi connectivity index (χ1v) is 5.86. The Morgan fingerprint density at radius 1 is 1.53 bits per heavy atom. The summed E-state index contributed by atoms with van der Waals surface area (Å²) in [6, 6.07) is 0.119. The summed E-state index contributed by atoms with van der Waals surface area (Å²) in [5.74, 6) is -0.0760. The van der Waals surface area contributed by atoms with E-state index in [9.17, 15) is 4.39 Å². The maximum Gasteiger partial charge on any atom is 0.186 e. The van der Waals surface area contributed by atoms with Crippen molar-refractivity contribution in [2.45, 2.75) is 33.2 Å². The van der Waals surface area contributed by atoms with Crippen molar-refractivity contribution >= 4 is 23.0 Å². The molecule has 1 aromatic heterocycles. The van der Waals surface area contributed by atoms with Gasteiger partial charge in [0.2, 0.25) is 0 Å². The van der Waals surface area contributed by atoms with Gasteiger partial charge in [-0.25, -0.2) is 14.4 Å². The summed E-state index contributed by atoms with van der Waals surface area (Å²) in [6.45, 7) is 6.11. The highest BCUT2D eigenvalue weighted by Crippen LogP contribution is 2.19. The second kappa shape index (κ2) is 5.86. The van der Waals surface area contributed by atoms with Crippen LogP contribution in [0.1, 0.15) is 26.0 Å². The van der Waals surface area contributed by atoms with Crippen molar-refractivity contribution in [2.24, 2.45) is 5.73 Å². The predicted molar refractivity (Wildman–Crippen MR) is 70.6 cm³/mol. The fraction of sp³-hybridized carbons (Fsp3) is 0.545. The molecule has 94 valence electrons. The summed E-state index contributed by atoms with van der Waals surface area (Å²) in [5.41, 5.74) is 5.81. The molecule has 0 bridgehead atoms. The number of nitrogens with zero attached hydrogens (tertiary/aromatic N) is 3. The van der Waals surface area contributed by atoms with Gasteiger partial charge in [0.25, 0.3) is 0 Å². The molecule has 0 radical (unpaired) electrons. The molecule has 1 heterocycles. The van der Waals surface area contributed by atoms with Crippen molar-refractivity contribution in [3.8, 4) is 0 Å². The van der Waals surface area contributed by atoms with Crippen molar-refractivity contribution in [1.82, 2.24) is 9.97 Å². The van der Waals surface area contributed by atoms with Gasteiger partial charge >= 0.3 is 0 Å². The first kappa shape index (κ1) is 13.8. The van der Waals surface area contributed by atoms with Gasteiger partial charge in [-0.3, -0.25) is 0 Å². The summed E-state index contributed by atoms with van der Waals surface area (Å²) < 4.78 is 13.9. The van der Waals surface area contributed by atoms with Crippen LogP contribution in [0.5, 0.6) is 0 Å². The number of thiocarbonyl (C=S) groups is 1. The Morgan fingerprint density at radius 2 is 2.18 bits per heavy atom. The van der Waals surface area contributed by atoms with E-state index in [0.29, 0.717) is 29.5 Å². The van der Waals surface area contributed by atoms with E-state index in [1.807, 2.05) is 18.7 Å². The molecule has 1 aromatic rings. The van der Waals surface area contributed by atoms with Gasteiger partial charge in [0, 0.05) is 19.0 Å². The fourth-order valence-corrected chi connectivity index (χ4v) is 1.58. The number of hydrogen-bond donors (Lipinski definition) is 1. The number of hydrogen-bond acceptors (Lipinski definition) is 4. The van der Waals surface area contributed by atoms with Gasteiger partial charge < -0.3 is 10.6 Å². The molecule has 0 amide bonds. The smallest absolute Gasteiger partial charge is 0.186 e. The third kappa shape index (κ3) is 3.59. The summed E-state index contributed by atoms with van der Waals surface area (Å²) in [4.78, 5) is 10.1. The molecule has 0 aliphatic heterocycles. The zero-order valence-electron chi connectivity index (χ0n) is 10.3. The van der Waals surface area contributed by atoms with Crippen LogP contribution in [0.2, 0.25) is 0 Å². The van der Waals surface area contributed by atoms with E-state index in [4.69, 9.17) is 18.0 Å². The van der Waals surface area contributed by atoms with Crippen molar-refractivity contribution in [3.63, 3.8) is 0 Å². The monoisotopic (exact) mass is 256 g/mol. The summed E-state index contributed by atoms with van der Waals surface area (Å²) in [6.07, 6.45) is 1.90. The quantitative estimate of drug-likeness (QED) is 0.814. The Balaban J connectivity index is 2.97. The number of halogens is 1. The van der Waals surface area contributed by atoms with E-state index in [2.05, 4.69) is 9.97 Å². The highest BCUT2D eigenvalue weighted by Gasteiger charge is 2.18. The molecule has 0 saturated heterocycles. The normalized spacial score (nSPS) is 10.6. The molecule has 0 aromatic carbocycles. The minimum atomic E-state index is -0.385. The minimum absolute atomic E-state index is 0.119. The highest BCUT2D eigenvalue weighted by molar-refractivity contribution is 7.80. The van der Waals surface area contributed by atoms with E-state index >= 15 is 0 Å². The number of aryl methyl sites for hydroxylation is 1. The highest BCUT2D eigenvalue weighted by atomic mass is 32.1. The largest absolute Gasteiger partial charge is 0.393 e. The standard InChI is InChI=1S/C11H17FN4S/c1-7(2)16(5-4-9(13)17)11-10(12)8(3)14-6-15-11/h6-7H,4-5H2,1-3H3,(H2,13,17). The van der Waals surface area contributed by atoms with E-state index in [1.54, 1.807) is 6.92 Å². The zero-order valence-corrected chi connectivity index (χ0v) is 11.1. The predicted octanol–water partition coefficient (Wildman–Crippen LogP) is 1.82. The first-order chi connectivity index (χ1) is 7.93. The summed E-state index contributed by atoms with van der Waals surface area (Å²) in [7, 11) is 0. The molecule has 6 heteroatoms. The topological polar surface area (TPSA) is 55.0 Å². The average molecular weight is 256 g/mol. The van der Waals surface area contributed by atoms with Gasteiger partial charge in [0.15, 0.2) is 11.6 Å². The molecule has 0 spiro atoms. The summed E-state index contributed by atoms with van der Waals surface area (Å²) in [5, 5.41) is 0.